The van der Waals surface area contributed by atoms with Gasteiger partial charge >= 0.3 is 11.9 Å². The third-order valence-corrected chi connectivity index (χ3v) is 2.25. The monoisotopic (exact) mass is 264 g/mol. The molecule has 0 amide bonds. The van der Waals surface area contributed by atoms with E-state index in [1.54, 1.807) is 37.3 Å². The fourth-order valence-corrected chi connectivity index (χ4v) is 1.47. The highest BCUT2D eigenvalue weighted by atomic mass is 16.6. The molecule has 0 heterocycles. The van der Waals surface area contributed by atoms with Gasteiger partial charge in [-0.25, -0.2) is 4.79 Å². The molecule has 0 aliphatic carbocycles. The second kappa shape index (κ2) is 7.31. The number of carbonyl (C=O) groups excluding carboxylic acids is 3. The van der Waals surface area contributed by atoms with Gasteiger partial charge in [0.2, 0.25) is 6.10 Å². The number of ether oxygens (including phenoxy) is 2. The van der Waals surface area contributed by atoms with E-state index in [0.717, 1.165) is 0 Å². The average molecular weight is 264 g/mol. The molecule has 0 radical (unpaired) electrons. The Bertz CT molecular complexity index is 452. The van der Waals surface area contributed by atoms with Crippen molar-refractivity contribution in [3.63, 3.8) is 0 Å². The second-order valence-corrected chi connectivity index (χ2v) is 3.91. The van der Waals surface area contributed by atoms with E-state index in [-0.39, 0.29) is 18.8 Å². The lowest BCUT2D eigenvalue weighted by molar-refractivity contribution is -0.168. The van der Waals surface area contributed by atoms with Gasteiger partial charge in [-0.2, -0.15) is 0 Å². The van der Waals surface area contributed by atoms with Crippen molar-refractivity contribution in [1.29, 1.82) is 0 Å². The minimum atomic E-state index is -1.13. The largest absolute Gasteiger partial charge is 0.463 e. The first-order valence-electron chi connectivity index (χ1n) is 5.95. The van der Waals surface area contributed by atoms with Crippen LogP contribution in [0.3, 0.4) is 0 Å². The lowest BCUT2D eigenvalue weighted by atomic mass is 10.1. The van der Waals surface area contributed by atoms with Crippen molar-refractivity contribution in [2.24, 2.45) is 0 Å². The van der Waals surface area contributed by atoms with Crippen LogP contribution in [0.5, 0.6) is 0 Å². The fourth-order valence-electron chi connectivity index (χ4n) is 1.47. The fraction of sp³-hybridized carbons (Fsp3) is 0.357. The van der Waals surface area contributed by atoms with Crippen LogP contribution in [0.1, 0.15) is 31.9 Å². The Morgan fingerprint density at radius 2 is 1.79 bits per heavy atom. The molecule has 0 bridgehead atoms. The van der Waals surface area contributed by atoms with Crippen LogP contribution < -0.4 is 0 Å². The molecule has 0 aliphatic rings. The minimum absolute atomic E-state index is 0.187. The van der Waals surface area contributed by atoms with E-state index >= 15 is 0 Å². The summed E-state index contributed by atoms with van der Waals surface area (Å²) in [7, 11) is 0. The van der Waals surface area contributed by atoms with Crippen LogP contribution in [-0.4, -0.2) is 24.3 Å². The number of esters is 2. The van der Waals surface area contributed by atoms with Crippen LogP contribution in [0.25, 0.3) is 0 Å². The van der Waals surface area contributed by atoms with Crippen molar-refractivity contribution in [2.75, 3.05) is 6.61 Å². The maximum atomic E-state index is 11.8. The molecule has 5 heteroatoms. The maximum absolute atomic E-state index is 11.8. The van der Waals surface area contributed by atoms with E-state index in [1.165, 1.54) is 6.92 Å². The Morgan fingerprint density at radius 1 is 1.16 bits per heavy atom. The van der Waals surface area contributed by atoms with Gasteiger partial charge in [-0.1, -0.05) is 30.3 Å². The molecular weight excluding hydrogens is 248 g/mol. The summed E-state index contributed by atoms with van der Waals surface area (Å²) in [6.45, 7) is 3.13. The summed E-state index contributed by atoms with van der Waals surface area (Å²) in [6.07, 6.45) is -1.49. The van der Waals surface area contributed by atoms with Crippen molar-refractivity contribution < 1.29 is 23.9 Å². The number of hydrogen-bond donors (Lipinski definition) is 0. The lowest BCUT2D eigenvalue weighted by Crippen LogP contribution is -2.23. The van der Waals surface area contributed by atoms with Gasteiger partial charge in [-0.05, 0) is 13.8 Å². The number of carbonyl (C=O) groups is 3. The number of ketones is 1. The number of hydrogen-bond acceptors (Lipinski definition) is 5. The second-order valence-electron chi connectivity index (χ2n) is 3.91. The van der Waals surface area contributed by atoms with Crippen molar-refractivity contribution in [3.05, 3.63) is 35.9 Å². The Hall–Kier alpha value is -2.17. The molecule has 0 N–H and O–H groups in total. The molecule has 1 aromatic rings. The Kier molecular flexibility index (Phi) is 5.73. The Labute approximate surface area is 111 Å². The summed E-state index contributed by atoms with van der Waals surface area (Å²) in [4.78, 5) is 34.1. The van der Waals surface area contributed by atoms with Gasteiger partial charge in [-0.15, -0.1) is 0 Å². The Balaban J connectivity index is 2.84. The zero-order valence-corrected chi connectivity index (χ0v) is 10.9. The number of Topliss-reactive ketones (excluding diaryl/α,β-unsaturated/α-hetero) is 1. The quantitative estimate of drug-likeness (QED) is 0.579. The predicted octanol–water partition coefficient (Wildman–Crippen LogP) is 1.81. The first-order chi connectivity index (χ1) is 9.04. The van der Waals surface area contributed by atoms with Gasteiger partial charge in [0.1, 0.15) is 12.2 Å². The van der Waals surface area contributed by atoms with Gasteiger partial charge < -0.3 is 9.47 Å². The normalized spacial score (nSPS) is 11.5. The van der Waals surface area contributed by atoms with Crippen molar-refractivity contribution >= 4 is 17.7 Å². The molecule has 0 aromatic heterocycles. The molecule has 1 atom stereocenters. The molecule has 1 aromatic carbocycles. The van der Waals surface area contributed by atoms with Crippen LogP contribution in [0.2, 0.25) is 0 Å². The zero-order valence-electron chi connectivity index (χ0n) is 10.9. The summed E-state index contributed by atoms with van der Waals surface area (Å²) in [5, 5.41) is 0. The highest BCUT2D eigenvalue weighted by Crippen LogP contribution is 2.19. The number of benzene rings is 1. The van der Waals surface area contributed by atoms with Gasteiger partial charge in [0.05, 0.1) is 6.61 Å². The van der Waals surface area contributed by atoms with Crippen LogP contribution in [0, 0.1) is 0 Å². The molecule has 1 unspecified atom stereocenters. The van der Waals surface area contributed by atoms with Crippen LogP contribution in [0.15, 0.2) is 30.3 Å². The smallest absolute Gasteiger partial charge is 0.352 e. The topological polar surface area (TPSA) is 69.7 Å². The molecule has 102 valence electrons. The van der Waals surface area contributed by atoms with Gasteiger partial charge in [0.25, 0.3) is 0 Å². The summed E-state index contributed by atoms with van der Waals surface area (Å²) in [5.74, 6) is -1.71. The third kappa shape index (κ3) is 4.91. The number of rotatable bonds is 6. The average Bonchev–Trinajstić information content (AvgIpc) is 2.36. The van der Waals surface area contributed by atoms with E-state index in [9.17, 15) is 14.4 Å². The predicted molar refractivity (Wildman–Crippen MR) is 67.2 cm³/mol. The first-order valence-corrected chi connectivity index (χ1v) is 5.95. The van der Waals surface area contributed by atoms with Crippen LogP contribution in [0.4, 0.5) is 0 Å². The molecule has 1 rings (SSSR count). The van der Waals surface area contributed by atoms with E-state index in [0.29, 0.717) is 5.56 Å². The van der Waals surface area contributed by atoms with Crippen molar-refractivity contribution in [2.45, 2.75) is 26.4 Å². The Morgan fingerprint density at radius 3 is 2.32 bits per heavy atom. The van der Waals surface area contributed by atoms with E-state index in [2.05, 4.69) is 0 Å². The van der Waals surface area contributed by atoms with Crippen LogP contribution in [-0.2, 0) is 23.9 Å². The van der Waals surface area contributed by atoms with Crippen molar-refractivity contribution in [3.8, 4) is 0 Å². The molecule has 0 saturated heterocycles. The maximum Gasteiger partial charge on any atom is 0.352 e. The highest BCUT2D eigenvalue weighted by Gasteiger charge is 2.26. The molecule has 5 nitrogen and oxygen atoms in total. The summed E-state index contributed by atoms with van der Waals surface area (Å²) in [5.41, 5.74) is 0.512. The molecule has 0 fully saturated rings. The molecular formula is C14H16O5. The van der Waals surface area contributed by atoms with Gasteiger partial charge in [0.15, 0.2) is 0 Å². The van der Waals surface area contributed by atoms with Crippen molar-refractivity contribution in [1.82, 2.24) is 0 Å². The van der Waals surface area contributed by atoms with E-state index < -0.39 is 18.0 Å². The molecule has 19 heavy (non-hydrogen) atoms. The highest BCUT2D eigenvalue weighted by molar-refractivity contribution is 5.95. The van der Waals surface area contributed by atoms with Gasteiger partial charge in [-0.3, -0.25) is 9.59 Å². The third-order valence-electron chi connectivity index (χ3n) is 2.25. The molecule has 0 saturated carbocycles. The van der Waals surface area contributed by atoms with Gasteiger partial charge in [0, 0.05) is 5.56 Å². The van der Waals surface area contributed by atoms with E-state index in [4.69, 9.17) is 9.47 Å². The summed E-state index contributed by atoms with van der Waals surface area (Å²) in [6, 6.07) is 8.54. The standard InChI is InChI=1S/C14H16O5/c1-3-18-14(17)13(11-7-5-4-6-8-11)19-12(16)9-10(2)15/h4-8,13H,3,9H2,1-2H3. The molecule has 0 aliphatic heterocycles. The van der Waals surface area contributed by atoms with E-state index in [1.807, 2.05) is 0 Å². The first kappa shape index (κ1) is 14.9. The zero-order chi connectivity index (χ0) is 14.3. The summed E-state index contributed by atoms with van der Waals surface area (Å²) >= 11 is 0. The minimum Gasteiger partial charge on any atom is -0.463 e. The van der Waals surface area contributed by atoms with Crippen LogP contribution >= 0.6 is 0 Å². The summed E-state index contributed by atoms with van der Waals surface area (Å²) < 4.78 is 9.89. The SMILES string of the molecule is CCOC(=O)C(OC(=O)CC(C)=O)c1ccccc1. The molecule has 0 spiro atoms. The lowest BCUT2D eigenvalue weighted by Gasteiger charge is -2.16.